The lowest BCUT2D eigenvalue weighted by Gasteiger charge is -2.40. The van der Waals surface area contributed by atoms with Crippen LogP contribution in [0.4, 0.5) is 11.6 Å². The van der Waals surface area contributed by atoms with E-state index in [0.29, 0.717) is 12.1 Å². The first-order valence-corrected chi connectivity index (χ1v) is 11.4. The molecule has 0 radical (unpaired) electrons. The number of hydrogen-bond donors (Lipinski definition) is 1. The van der Waals surface area contributed by atoms with Crippen molar-refractivity contribution in [1.82, 2.24) is 15.1 Å². The molecule has 2 unspecified atom stereocenters. The van der Waals surface area contributed by atoms with Gasteiger partial charge in [-0.3, -0.25) is 4.90 Å². The van der Waals surface area contributed by atoms with Crippen LogP contribution in [0.25, 0.3) is 0 Å². The normalized spacial score (nSPS) is 34.9. The SMILES string of the molecule is CC1(C)CC(N2CC3C[C@@H](Nc4ccc(N5CCOCC5)nn4)C[C@@H]3C2)CCO1. The highest BCUT2D eigenvalue weighted by Crippen LogP contribution is 2.41. The zero-order valence-electron chi connectivity index (χ0n) is 17.8. The van der Waals surface area contributed by atoms with Crippen molar-refractivity contribution in [3.05, 3.63) is 12.1 Å². The van der Waals surface area contributed by atoms with Gasteiger partial charge in [0.15, 0.2) is 5.82 Å². The molecule has 4 fully saturated rings. The molecule has 4 aliphatic rings. The van der Waals surface area contributed by atoms with Crippen LogP contribution in [0.2, 0.25) is 0 Å². The third kappa shape index (κ3) is 4.37. The standard InChI is InChI=1S/C22H35N5O2/c1-22(2)13-19(5-8-29-22)27-14-16-11-18(12-17(16)15-27)23-20-3-4-21(25-24-20)26-6-9-28-10-7-26/h3-4,16-19H,5-15H2,1-2H3,(H,23,24)/t16-,17?,18+,19?/m1/s1. The Hall–Kier alpha value is -1.44. The lowest BCUT2D eigenvalue weighted by molar-refractivity contribution is -0.0811. The lowest BCUT2D eigenvalue weighted by atomic mass is 9.93. The molecule has 3 saturated heterocycles. The predicted octanol–water partition coefficient (Wildman–Crippen LogP) is 2.39. The Morgan fingerprint density at radius 1 is 1.03 bits per heavy atom. The fraction of sp³-hybridized carbons (Fsp3) is 0.818. The molecular weight excluding hydrogens is 366 g/mol. The van der Waals surface area contributed by atoms with E-state index in [0.717, 1.165) is 56.4 Å². The molecule has 1 aromatic rings. The number of fused-ring (bicyclic) bond motifs is 1. The molecule has 5 rings (SSSR count). The van der Waals surface area contributed by atoms with Crippen molar-refractivity contribution in [2.24, 2.45) is 11.8 Å². The Labute approximate surface area is 174 Å². The van der Waals surface area contributed by atoms with E-state index in [9.17, 15) is 0 Å². The highest BCUT2D eigenvalue weighted by Gasteiger charge is 2.44. The maximum Gasteiger partial charge on any atom is 0.151 e. The molecule has 1 aliphatic carbocycles. The minimum Gasteiger partial charge on any atom is -0.378 e. The van der Waals surface area contributed by atoms with Gasteiger partial charge in [0.1, 0.15) is 5.82 Å². The first-order chi connectivity index (χ1) is 14.1. The van der Waals surface area contributed by atoms with Crippen LogP contribution in [0, 0.1) is 11.8 Å². The van der Waals surface area contributed by atoms with Crippen LogP contribution < -0.4 is 10.2 Å². The minimum atomic E-state index is 0.0385. The van der Waals surface area contributed by atoms with Crippen LogP contribution in [0.15, 0.2) is 12.1 Å². The van der Waals surface area contributed by atoms with Gasteiger partial charge >= 0.3 is 0 Å². The highest BCUT2D eigenvalue weighted by atomic mass is 16.5. The van der Waals surface area contributed by atoms with Crippen molar-refractivity contribution in [2.75, 3.05) is 56.2 Å². The Kier molecular flexibility index (Phi) is 5.39. The largest absolute Gasteiger partial charge is 0.378 e. The Balaban J connectivity index is 1.12. The zero-order chi connectivity index (χ0) is 19.8. The molecule has 0 amide bonds. The average molecular weight is 402 g/mol. The van der Waals surface area contributed by atoms with Crippen LogP contribution in [-0.2, 0) is 9.47 Å². The van der Waals surface area contributed by atoms with Gasteiger partial charge in [-0.15, -0.1) is 10.2 Å². The average Bonchev–Trinajstić information content (AvgIpc) is 3.27. The van der Waals surface area contributed by atoms with Gasteiger partial charge in [-0.05, 0) is 63.5 Å². The van der Waals surface area contributed by atoms with Crippen LogP contribution in [0.1, 0.15) is 39.5 Å². The smallest absolute Gasteiger partial charge is 0.151 e. The molecule has 0 bridgehead atoms. The number of hydrogen-bond acceptors (Lipinski definition) is 7. The second-order valence-electron chi connectivity index (χ2n) is 9.92. The van der Waals surface area contributed by atoms with Gasteiger partial charge in [0.25, 0.3) is 0 Å². The van der Waals surface area contributed by atoms with Crippen LogP contribution in [0.3, 0.4) is 0 Å². The third-order valence-electron chi connectivity index (χ3n) is 7.30. The lowest BCUT2D eigenvalue weighted by Crippen LogP contribution is -2.45. The van der Waals surface area contributed by atoms with E-state index in [4.69, 9.17) is 9.47 Å². The van der Waals surface area contributed by atoms with Gasteiger partial charge in [-0.25, -0.2) is 0 Å². The quantitative estimate of drug-likeness (QED) is 0.831. The number of aromatic nitrogens is 2. The van der Waals surface area contributed by atoms with Crippen molar-refractivity contribution in [2.45, 2.75) is 57.2 Å². The molecular formula is C22H35N5O2. The number of likely N-dealkylation sites (tertiary alicyclic amines) is 1. The summed E-state index contributed by atoms with van der Waals surface area (Å²) in [5.41, 5.74) is 0.0385. The van der Waals surface area contributed by atoms with E-state index in [2.05, 4.69) is 51.3 Å². The van der Waals surface area contributed by atoms with Crippen molar-refractivity contribution in [3.8, 4) is 0 Å². The third-order valence-corrected chi connectivity index (χ3v) is 7.30. The van der Waals surface area contributed by atoms with Crippen molar-refractivity contribution < 1.29 is 9.47 Å². The molecule has 3 aliphatic heterocycles. The first-order valence-electron chi connectivity index (χ1n) is 11.4. The van der Waals surface area contributed by atoms with Crippen molar-refractivity contribution in [3.63, 3.8) is 0 Å². The summed E-state index contributed by atoms with van der Waals surface area (Å²) in [5.74, 6) is 3.50. The number of nitrogens with one attached hydrogen (secondary N) is 1. The number of morpholine rings is 1. The van der Waals surface area contributed by atoms with E-state index in [1.54, 1.807) is 0 Å². The highest BCUT2D eigenvalue weighted by molar-refractivity contribution is 5.44. The summed E-state index contributed by atoms with van der Waals surface area (Å²) < 4.78 is 11.3. The van der Waals surface area contributed by atoms with E-state index in [1.807, 2.05) is 0 Å². The van der Waals surface area contributed by atoms with E-state index in [1.165, 1.54) is 38.8 Å². The summed E-state index contributed by atoms with van der Waals surface area (Å²) in [6.45, 7) is 11.2. The summed E-state index contributed by atoms with van der Waals surface area (Å²) in [7, 11) is 0. The second kappa shape index (κ2) is 8.00. The summed E-state index contributed by atoms with van der Waals surface area (Å²) in [6, 6.07) is 5.41. The molecule has 1 aromatic heterocycles. The van der Waals surface area contributed by atoms with Gasteiger partial charge in [0.2, 0.25) is 0 Å². The molecule has 4 heterocycles. The van der Waals surface area contributed by atoms with Gasteiger partial charge in [0.05, 0.1) is 18.8 Å². The Morgan fingerprint density at radius 3 is 2.45 bits per heavy atom. The zero-order valence-corrected chi connectivity index (χ0v) is 17.8. The number of ether oxygens (including phenoxy) is 2. The summed E-state index contributed by atoms with van der Waals surface area (Å²) in [6.07, 6.45) is 4.86. The van der Waals surface area contributed by atoms with E-state index >= 15 is 0 Å². The predicted molar refractivity (Wildman–Crippen MR) is 113 cm³/mol. The molecule has 1 saturated carbocycles. The molecule has 0 aromatic carbocycles. The molecule has 7 heteroatoms. The van der Waals surface area contributed by atoms with Crippen molar-refractivity contribution in [1.29, 1.82) is 0 Å². The maximum atomic E-state index is 5.92. The molecule has 4 atom stereocenters. The Morgan fingerprint density at radius 2 is 1.79 bits per heavy atom. The molecule has 7 nitrogen and oxygen atoms in total. The first kappa shape index (κ1) is 19.5. The topological polar surface area (TPSA) is 62.8 Å². The van der Waals surface area contributed by atoms with E-state index in [-0.39, 0.29) is 5.60 Å². The van der Waals surface area contributed by atoms with Crippen LogP contribution >= 0.6 is 0 Å². The van der Waals surface area contributed by atoms with Crippen LogP contribution in [0.5, 0.6) is 0 Å². The van der Waals surface area contributed by atoms with Gasteiger partial charge < -0.3 is 19.7 Å². The van der Waals surface area contributed by atoms with Gasteiger partial charge in [-0.1, -0.05) is 0 Å². The number of rotatable bonds is 4. The molecule has 0 spiro atoms. The number of nitrogens with zero attached hydrogens (tertiary/aromatic N) is 4. The van der Waals surface area contributed by atoms with Gasteiger partial charge in [0, 0.05) is 44.9 Å². The van der Waals surface area contributed by atoms with Crippen molar-refractivity contribution >= 4 is 11.6 Å². The van der Waals surface area contributed by atoms with Gasteiger partial charge in [-0.2, -0.15) is 0 Å². The molecule has 160 valence electrons. The summed E-state index contributed by atoms with van der Waals surface area (Å²) in [5, 5.41) is 12.5. The summed E-state index contributed by atoms with van der Waals surface area (Å²) in [4.78, 5) is 5.00. The second-order valence-corrected chi connectivity index (χ2v) is 9.92. The fourth-order valence-electron chi connectivity index (χ4n) is 5.84. The fourth-order valence-corrected chi connectivity index (χ4v) is 5.84. The summed E-state index contributed by atoms with van der Waals surface area (Å²) >= 11 is 0. The molecule has 29 heavy (non-hydrogen) atoms. The maximum absolute atomic E-state index is 5.92. The van der Waals surface area contributed by atoms with E-state index < -0.39 is 0 Å². The Bertz CT molecular complexity index is 677. The number of anilines is 2. The van der Waals surface area contributed by atoms with Crippen LogP contribution in [-0.4, -0.2) is 78.8 Å². The molecule has 1 N–H and O–H groups in total. The minimum absolute atomic E-state index is 0.0385. The monoisotopic (exact) mass is 401 g/mol.